The minimum atomic E-state index is -0.682. The Balaban J connectivity index is 2.80. The van der Waals surface area contributed by atoms with E-state index in [9.17, 15) is 10.2 Å². The van der Waals surface area contributed by atoms with E-state index in [2.05, 4.69) is 4.98 Å². The van der Waals surface area contributed by atoms with E-state index in [1.54, 1.807) is 36.9 Å². The van der Waals surface area contributed by atoms with Gasteiger partial charge in [0.15, 0.2) is 5.88 Å². The molecule has 0 aliphatic heterocycles. The van der Waals surface area contributed by atoms with Crippen LogP contribution in [-0.4, -0.2) is 26.7 Å². The molecule has 0 aliphatic rings. The second kappa shape index (κ2) is 4.11. The maximum atomic E-state index is 9.71. The highest BCUT2D eigenvalue weighted by molar-refractivity contribution is 5.56. The fourth-order valence-corrected chi connectivity index (χ4v) is 1.86. The van der Waals surface area contributed by atoms with E-state index in [0.717, 1.165) is 0 Å². The molecule has 2 aromatic rings. The van der Waals surface area contributed by atoms with Crippen LogP contribution >= 0.6 is 0 Å². The standard InChI is InChI=1S/C11H14N2O3/c1-7(15)10-8(6-14)5-9(16-2)13-4-3-12-11(10)13/h3-5,7,14-15H,6H2,1-2H3. The highest BCUT2D eigenvalue weighted by atomic mass is 16.5. The second-order valence-corrected chi connectivity index (χ2v) is 3.58. The molecule has 0 fully saturated rings. The van der Waals surface area contributed by atoms with Crippen LogP contribution in [0.4, 0.5) is 0 Å². The van der Waals surface area contributed by atoms with Gasteiger partial charge in [0.25, 0.3) is 0 Å². The molecule has 2 N–H and O–H groups in total. The van der Waals surface area contributed by atoms with Gasteiger partial charge >= 0.3 is 0 Å². The van der Waals surface area contributed by atoms with E-state index in [0.29, 0.717) is 22.7 Å². The minimum Gasteiger partial charge on any atom is -0.482 e. The molecule has 0 bridgehead atoms. The molecule has 2 heterocycles. The van der Waals surface area contributed by atoms with Crippen LogP contribution in [0.3, 0.4) is 0 Å². The van der Waals surface area contributed by atoms with Gasteiger partial charge in [-0.25, -0.2) is 4.98 Å². The summed E-state index contributed by atoms with van der Waals surface area (Å²) in [7, 11) is 1.55. The molecule has 0 radical (unpaired) electrons. The maximum Gasteiger partial charge on any atom is 0.199 e. The van der Waals surface area contributed by atoms with Crippen molar-refractivity contribution in [2.24, 2.45) is 0 Å². The number of hydrogen-bond acceptors (Lipinski definition) is 4. The SMILES string of the molecule is COc1cc(CO)c(C(C)O)c2nccn12. The molecular weight excluding hydrogens is 208 g/mol. The van der Waals surface area contributed by atoms with E-state index in [-0.39, 0.29) is 6.61 Å². The molecule has 2 rings (SSSR count). The van der Waals surface area contributed by atoms with E-state index >= 15 is 0 Å². The first-order chi connectivity index (χ1) is 7.69. The first-order valence-corrected chi connectivity index (χ1v) is 5.00. The first kappa shape index (κ1) is 10.9. The molecule has 5 nitrogen and oxygen atoms in total. The van der Waals surface area contributed by atoms with Gasteiger partial charge in [0.1, 0.15) is 5.65 Å². The van der Waals surface area contributed by atoms with Crippen molar-refractivity contribution in [2.45, 2.75) is 19.6 Å². The van der Waals surface area contributed by atoms with Gasteiger partial charge in [0.05, 0.1) is 19.8 Å². The lowest BCUT2D eigenvalue weighted by Gasteiger charge is -2.14. The average Bonchev–Trinajstić information content (AvgIpc) is 2.74. The third-order valence-corrected chi connectivity index (χ3v) is 2.56. The number of imidazole rings is 1. The highest BCUT2D eigenvalue weighted by Gasteiger charge is 2.16. The van der Waals surface area contributed by atoms with Gasteiger partial charge in [0.2, 0.25) is 0 Å². The van der Waals surface area contributed by atoms with Gasteiger partial charge in [-0.1, -0.05) is 0 Å². The van der Waals surface area contributed by atoms with E-state index < -0.39 is 6.10 Å². The van der Waals surface area contributed by atoms with Gasteiger partial charge < -0.3 is 14.9 Å². The molecule has 0 aliphatic carbocycles. The molecule has 0 saturated carbocycles. The normalized spacial score (nSPS) is 13.0. The van der Waals surface area contributed by atoms with Crippen molar-refractivity contribution < 1.29 is 14.9 Å². The Bertz CT molecular complexity index is 505. The van der Waals surface area contributed by atoms with Crippen LogP contribution in [0, 0.1) is 0 Å². The predicted octanol–water partition coefficient (Wildman–Crippen LogP) is 0.888. The molecule has 0 spiro atoms. The molecule has 1 unspecified atom stereocenters. The third kappa shape index (κ3) is 1.54. The van der Waals surface area contributed by atoms with Gasteiger partial charge in [-0.05, 0) is 12.5 Å². The predicted molar refractivity (Wildman–Crippen MR) is 58.3 cm³/mol. The summed E-state index contributed by atoms with van der Waals surface area (Å²) in [6.07, 6.45) is 2.70. The van der Waals surface area contributed by atoms with Gasteiger partial charge in [-0.2, -0.15) is 0 Å². The van der Waals surface area contributed by atoms with E-state index in [4.69, 9.17) is 4.74 Å². The molecule has 86 valence electrons. The minimum absolute atomic E-state index is 0.153. The van der Waals surface area contributed by atoms with Crippen molar-refractivity contribution in [3.8, 4) is 5.88 Å². The molecule has 0 saturated heterocycles. The number of aliphatic hydroxyl groups is 2. The first-order valence-electron chi connectivity index (χ1n) is 5.00. The lowest BCUT2D eigenvalue weighted by Crippen LogP contribution is -2.05. The third-order valence-electron chi connectivity index (χ3n) is 2.56. The number of methoxy groups -OCH3 is 1. The molecular formula is C11H14N2O3. The number of fused-ring (bicyclic) bond motifs is 1. The number of nitrogens with zero attached hydrogens (tertiary/aromatic N) is 2. The monoisotopic (exact) mass is 222 g/mol. The van der Waals surface area contributed by atoms with Gasteiger partial charge in [-0.3, -0.25) is 4.40 Å². The van der Waals surface area contributed by atoms with Crippen molar-refractivity contribution in [3.63, 3.8) is 0 Å². The fraction of sp³-hybridized carbons (Fsp3) is 0.364. The Morgan fingerprint density at radius 3 is 2.88 bits per heavy atom. The molecule has 0 amide bonds. The van der Waals surface area contributed by atoms with Crippen LogP contribution < -0.4 is 4.74 Å². The van der Waals surface area contributed by atoms with Crippen LogP contribution in [0.1, 0.15) is 24.2 Å². The van der Waals surface area contributed by atoms with Crippen molar-refractivity contribution in [3.05, 3.63) is 29.6 Å². The Kier molecular flexibility index (Phi) is 2.80. The van der Waals surface area contributed by atoms with Crippen LogP contribution in [0.25, 0.3) is 5.65 Å². The summed E-state index contributed by atoms with van der Waals surface area (Å²) in [6, 6.07) is 1.71. The zero-order valence-corrected chi connectivity index (χ0v) is 9.21. The summed E-state index contributed by atoms with van der Waals surface area (Å²) in [5, 5.41) is 19.0. The zero-order chi connectivity index (χ0) is 11.7. The van der Waals surface area contributed by atoms with Crippen molar-refractivity contribution in [1.29, 1.82) is 0 Å². The fourth-order valence-electron chi connectivity index (χ4n) is 1.86. The van der Waals surface area contributed by atoms with Crippen molar-refractivity contribution in [1.82, 2.24) is 9.38 Å². The Morgan fingerprint density at radius 1 is 1.56 bits per heavy atom. The number of aliphatic hydroxyl groups excluding tert-OH is 2. The summed E-state index contributed by atoms with van der Waals surface area (Å²) in [6.45, 7) is 1.50. The largest absolute Gasteiger partial charge is 0.482 e. The average molecular weight is 222 g/mol. The molecule has 0 aromatic carbocycles. The quantitative estimate of drug-likeness (QED) is 0.809. The number of rotatable bonds is 3. The Hall–Kier alpha value is -1.59. The number of pyridine rings is 1. The van der Waals surface area contributed by atoms with Crippen LogP contribution in [0.5, 0.6) is 5.88 Å². The summed E-state index contributed by atoms with van der Waals surface area (Å²) in [5.41, 5.74) is 1.87. The Labute approximate surface area is 92.9 Å². The van der Waals surface area contributed by atoms with Gasteiger partial charge in [-0.15, -0.1) is 0 Å². The Morgan fingerprint density at radius 2 is 2.31 bits per heavy atom. The topological polar surface area (TPSA) is 67.0 Å². The molecule has 5 heteroatoms. The number of aromatic nitrogens is 2. The highest BCUT2D eigenvalue weighted by Crippen LogP contribution is 2.27. The molecule has 2 aromatic heterocycles. The molecule has 1 atom stereocenters. The number of ether oxygens (including phenoxy) is 1. The van der Waals surface area contributed by atoms with Gasteiger partial charge in [0, 0.05) is 24.0 Å². The summed E-state index contributed by atoms with van der Waals surface area (Å²) in [4.78, 5) is 4.17. The zero-order valence-electron chi connectivity index (χ0n) is 9.21. The summed E-state index contributed by atoms with van der Waals surface area (Å²) in [5.74, 6) is 0.584. The van der Waals surface area contributed by atoms with Crippen molar-refractivity contribution >= 4 is 5.65 Å². The maximum absolute atomic E-state index is 9.71. The van der Waals surface area contributed by atoms with E-state index in [1.807, 2.05) is 0 Å². The van der Waals surface area contributed by atoms with Crippen LogP contribution in [0.15, 0.2) is 18.5 Å². The summed E-state index contributed by atoms with van der Waals surface area (Å²) >= 11 is 0. The van der Waals surface area contributed by atoms with Crippen LogP contribution in [-0.2, 0) is 6.61 Å². The smallest absolute Gasteiger partial charge is 0.199 e. The molecule has 16 heavy (non-hydrogen) atoms. The summed E-state index contributed by atoms with van der Waals surface area (Å²) < 4.78 is 6.93. The number of hydrogen-bond donors (Lipinski definition) is 2. The lowest BCUT2D eigenvalue weighted by molar-refractivity contribution is 0.194. The second-order valence-electron chi connectivity index (χ2n) is 3.58. The van der Waals surface area contributed by atoms with E-state index in [1.165, 1.54) is 0 Å². The van der Waals surface area contributed by atoms with Crippen LogP contribution in [0.2, 0.25) is 0 Å². The lowest BCUT2D eigenvalue weighted by atomic mass is 10.1. The van der Waals surface area contributed by atoms with Crippen molar-refractivity contribution in [2.75, 3.05) is 7.11 Å².